The number of aromatic nitrogens is 3. The van der Waals surface area contributed by atoms with Gasteiger partial charge < -0.3 is 5.11 Å². The van der Waals surface area contributed by atoms with Crippen LogP contribution < -0.4 is 0 Å². The first-order valence-corrected chi connectivity index (χ1v) is 3.80. The Balaban J connectivity index is 2.27. The van der Waals surface area contributed by atoms with E-state index in [2.05, 4.69) is 10.1 Å². The average molecular weight is 155 g/mol. The lowest BCUT2D eigenvalue weighted by atomic mass is 10.3. The Kier molecular flexibility index (Phi) is 3.04. The summed E-state index contributed by atoms with van der Waals surface area (Å²) in [5.74, 6) is 0.800. The molecule has 0 aliphatic heterocycles. The van der Waals surface area contributed by atoms with Crippen molar-refractivity contribution in [2.75, 3.05) is 6.61 Å². The van der Waals surface area contributed by atoms with Crippen molar-refractivity contribution in [3.63, 3.8) is 0 Å². The lowest BCUT2D eigenvalue weighted by Crippen LogP contribution is -1.99. The van der Waals surface area contributed by atoms with E-state index in [1.54, 1.807) is 11.0 Å². The van der Waals surface area contributed by atoms with E-state index in [-0.39, 0.29) is 6.61 Å². The lowest BCUT2D eigenvalue weighted by Gasteiger charge is -1.96. The van der Waals surface area contributed by atoms with Crippen molar-refractivity contribution in [1.82, 2.24) is 14.8 Å². The molecule has 11 heavy (non-hydrogen) atoms. The van der Waals surface area contributed by atoms with E-state index in [1.165, 1.54) is 0 Å². The molecule has 0 bridgehead atoms. The van der Waals surface area contributed by atoms with Crippen LogP contribution in [0.15, 0.2) is 6.33 Å². The summed E-state index contributed by atoms with van der Waals surface area (Å²) >= 11 is 0. The molecule has 0 spiro atoms. The second-order valence-corrected chi connectivity index (χ2v) is 2.49. The molecule has 0 radical (unpaired) electrons. The third kappa shape index (κ3) is 2.67. The average Bonchev–Trinajstić information content (AvgIpc) is 2.37. The number of hydrogen-bond acceptors (Lipinski definition) is 3. The summed E-state index contributed by atoms with van der Waals surface area (Å²) in [6.45, 7) is 2.97. The first-order chi connectivity index (χ1) is 5.33. The van der Waals surface area contributed by atoms with Gasteiger partial charge in [0.15, 0.2) is 0 Å². The second kappa shape index (κ2) is 4.08. The highest BCUT2D eigenvalue weighted by molar-refractivity contribution is 4.74. The van der Waals surface area contributed by atoms with Gasteiger partial charge in [0.1, 0.15) is 12.2 Å². The fourth-order valence-corrected chi connectivity index (χ4v) is 0.881. The molecule has 0 unspecified atom stereocenters. The molecule has 0 saturated heterocycles. The maximum absolute atomic E-state index is 8.50. The number of unbranched alkanes of at least 4 members (excludes halogenated alkanes) is 1. The third-order valence-corrected chi connectivity index (χ3v) is 1.45. The molecule has 62 valence electrons. The van der Waals surface area contributed by atoms with Gasteiger partial charge in [-0.05, 0) is 19.8 Å². The molecule has 0 saturated carbocycles. The van der Waals surface area contributed by atoms with Gasteiger partial charge in [-0.3, -0.25) is 4.68 Å². The molecule has 1 heterocycles. The van der Waals surface area contributed by atoms with Crippen molar-refractivity contribution in [2.24, 2.45) is 0 Å². The van der Waals surface area contributed by atoms with Crippen LogP contribution in [0.1, 0.15) is 18.7 Å². The fraction of sp³-hybridized carbons (Fsp3) is 0.714. The van der Waals surface area contributed by atoms with E-state index in [9.17, 15) is 0 Å². The Labute approximate surface area is 65.9 Å². The molecule has 0 fully saturated rings. The monoisotopic (exact) mass is 155 g/mol. The molecule has 0 atom stereocenters. The molecule has 1 rings (SSSR count). The van der Waals surface area contributed by atoms with Crippen LogP contribution in [0.5, 0.6) is 0 Å². The summed E-state index contributed by atoms with van der Waals surface area (Å²) in [6, 6.07) is 0. The van der Waals surface area contributed by atoms with Crippen molar-refractivity contribution >= 4 is 0 Å². The predicted molar refractivity (Wildman–Crippen MR) is 41.1 cm³/mol. The minimum atomic E-state index is 0.258. The van der Waals surface area contributed by atoms with Gasteiger partial charge in [-0.25, -0.2) is 4.98 Å². The van der Waals surface area contributed by atoms with Crippen LogP contribution in [0.25, 0.3) is 0 Å². The molecule has 4 nitrogen and oxygen atoms in total. The highest BCUT2D eigenvalue weighted by Gasteiger charge is 1.93. The zero-order valence-electron chi connectivity index (χ0n) is 6.69. The van der Waals surface area contributed by atoms with E-state index in [0.717, 1.165) is 25.2 Å². The van der Waals surface area contributed by atoms with E-state index in [1.807, 2.05) is 6.92 Å². The first-order valence-electron chi connectivity index (χ1n) is 3.80. The Hall–Kier alpha value is -0.900. The number of aryl methyl sites for hydroxylation is 2. The van der Waals surface area contributed by atoms with Crippen LogP contribution in [0, 0.1) is 6.92 Å². The van der Waals surface area contributed by atoms with Gasteiger partial charge in [0.25, 0.3) is 0 Å². The third-order valence-electron chi connectivity index (χ3n) is 1.45. The maximum atomic E-state index is 8.50. The van der Waals surface area contributed by atoms with E-state index in [0.29, 0.717) is 0 Å². The van der Waals surface area contributed by atoms with Crippen molar-refractivity contribution < 1.29 is 5.11 Å². The first kappa shape index (κ1) is 8.20. The number of nitrogens with zero attached hydrogens (tertiary/aromatic N) is 3. The van der Waals surface area contributed by atoms with Gasteiger partial charge in [-0.2, -0.15) is 5.10 Å². The number of rotatable bonds is 4. The van der Waals surface area contributed by atoms with Crippen LogP contribution >= 0.6 is 0 Å². The quantitative estimate of drug-likeness (QED) is 0.639. The molecular weight excluding hydrogens is 142 g/mol. The van der Waals surface area contributed by atoms with Crippen LogP contribution in [-0.4, -0.2) is 26.5 Å². The zero-order valence-corrected chi connectivity index (χ0v) is 6.69. The minimum absolute atomic E-state index is 0.258. The highest BCUT2D eigenvalue weighted by Crippen LogP contribution is 1.93. The SMILES string of the molecule is Cc1ncn(CCCCO)n1. The highest BCUT2D eigenvalue weighted by atomic mass is 16.2. The summed E-state index contributed by atoms with van der Waals surface area (Å²) in [5.41, 5.74) is 0. The topological polar surface area (TPSA) is 50.9 Å². The second-order valence-electron chi connectivity index (χ2n) is 2.49. The molecule has 0 amide bonds. The molecule has 0 aromatic carbocycles. The Morgan fingerprint density at radius 3 is 2.91 bits per heavy atom. The number of aliphatic hydroxyl groups is 1. The Morgan fingerprint density at radius 1 is 1.55 bits per heavy atom. The van der Waals surface area contributed by atoms with Crippen LogP contribution in [0.3, 0.4) is 0 Å². The molecule has 4 heteroatoms. The van der Waals surface area contributed by atoms with Crippen molar-refractivity contribution in [3.05, 3.63) is 12.2 Å². The summed E-state index contributed by atoms with van der Waals surface area (Å²) in [5, 5.41) is 12.6. The predicted octanol–water partition coefficient (Wildman–Crippen LogP) is 0.359. The zero-order chi connectivity index (χ0) is 8.10. The molecule has 0 aliphatic carbocycles. The summed E-state index contributed by atoms with van der Waals surface area (Å²) < 4.78 is 1.80. The Morgan fingerprint density at radius 2 is 2.36 bits per heavy atom. The van der Waals surface area contributed by atoms with Crippen LogP contribution in [-0.2, 0) is 6.54 Å². The van der Waals surface area contributed by atoms with Gasteiger partial charge in [0.2, 0.25) is 0 Å². The van der Waals surface area contributed by atoms with Gasteiger partial charge >= 0.3 is 0 Å². The molecule has 1 aromatic rings. The minimum Gasteiger partial charge on any atom is -0.396 e. The molecule has 1 N–H and O–H groups in total. The van der Waals surface area contributed by atoms with Crippen molar-refractivity contribution in [2.45, 2.75) is 26.3 Å². The smallest absolute Gasteiger partial charge is 0.147 e. The van der Waals surface area contributed by atoms with Gasteiger partial charge in [0.05, 0.1) is 0 Å². The van der Waals surface area contributed by atoms with Crippen LogP contribution in [0.4, 0.5) is 0 Å². The standard InChI is InChI=1S/C7H13N3O/c1-7-8-6-10(9-7)4-2-3-5-11/h6,11H,2-5H2,1H3. The number of hydrogen-bond donors (Lipinski definition) is 1. The lowest BCUT2D eigenvalue weighted by molar-refractivity contribution is 0.280. The normalized spacial score (nSPS) is 10.4. The summed E-state index contributed by atoms with van der Waals surface area (Å²) in [7, 11) is 0. The van der Waals surface area contributed by atoms with Gasteiger partial charge in [0, 0.05) is 13.2 Å². The Bertz CT molecular complexity index is 209. The fourth-order valence-electron chi connectivity index (χ4n) is 0.881. The molecule has 1 aromatic heterocycles. The van der Waals surface area contributed by atoms with E-state index in [4.69, 9.17) is 5.11 Å². The summed E-state index contributed by atoms with van der Waals surface area (Å²) in [4.78, 5) is 3.98. The number of aliphatic hydroxyl groups excluding tert-OH is 1. The van der Waals surface area contributed by atoms with Crippen molar-refractivity contribution in [3.8, 4) is 0 Å². The summed E-state index contributed by atoms with van der Waals surface area (Å²) in [6.07, 6.45) is 3.50. The molecule has 0 aliphatic rings. The molecular formula is C7H13N3O. The van der Waals surface area contributed by atoms with Crippen molar-refractivity contribution in [1.29, 1.82) is 0 Å². The van der Waals surface area contributed by atoms with Crippen LogP contribution in [0.2, 0.25) is 0 Å². The maximum Gasteiger partial charge on any atom is 0.147 e. The largest absolute Gasteiger partial charge is 0.396 e. The van der Waals surface area contributed by atoms with E-state index >= 15 is 0 Å². The van der Waals surface area contributed by atoms with Gasteiger partial charge in [-0.1, -0.05) is 0 Å². The van der Waals surface area contributed by atoms with Gasteiger partial charge in [-0.15, -0.1) is 0 Å². The van der Waals surface area contributed by atoms with E-state index < -0.39 is 0 Å².